The molecule has 2 atom stereocenters. The minimum Gasteiger partial charge on any atom is -0.497 e. The highest BCUT2D eigenvalue weighted by molar-refractivity contribution is 5.94. The van der Waals surface area contributed by atoms with Crippen molar-refractivity contribution in [3.63, 3.8) is 0 Å². The maximum atomic E-state index is 13.0. The van der Waals surface area contributed by atoms with Crippen LogP contribution in [0.5, 0.6) is 5.75 Å². The van der Waals surface area contributed by atoms with Crippen LogP contribution in [0.15, 0.2) is 24.3 Å². The molecular weight excluding hydrogens is 441 g/mol. The smallest absolute Gasteiger partial charge is 0.490 e. The highest BCUT2D eigenvalue weighted by atomic mass is 19.4. The molecule has 1 spiro atoms. The Hall–Kier alpha value is -2.33. The normalized spacial score (nSPS) is 25.1. The van der Waals surface area contributed by atoms with Crippen LogP contribution in [0.4, 0.5) is 13.2 Å². The van der Waals surface area contributed by atoms with Gasteiger partial charge in [-0.3, -0.25) is 4.79 Å². The monoisotopic (exact) mass is 472 g/mol. The first kappa shape index (κ1) is 25.3. The van der Waals surface area contributed by atoms with E-state index in [0.717, 1.165) is 56.4 Å². The van der Waals surface area contributed by atoms with Gasteiger partial charge in [0.2, 0.25) is 0 Å². The fourth-order valence-corrected chi connectivity index (χ4v) is 4.85. The van der Waals surface area contributed by atoms with E-state index in [1.807, 2.05) is 29.2 Å². The molecule has 184 valence electrons. The second-order valence-electron chi connectivity index (χ2n) is 9.16. The average Bonchev–Trinajstić information content (AvgIpc) is 3.39. The number of aliphatic carboxylic acids is 1. The molecule has 4 rings (SSSR count). The van der Waals surface area contributed by atoms with Crippen LogP contribution >= 0.6 is 0 Å². The SMILES string of the molecule is COC[C@@H]1CN(CC2CC2)C[C@@]12CCN(C(=O)c1cccc(OC)c1)C2.O=C(O)C(F)(F)F. The predicted octanol–water partition coefficient (Wildman–Crippen LogP) is 3.15. The van der Waals surface area contributed by atoms with Crippen LogP contribution in [0.2, 0.25) is 0 Å². The van der Waals surface area contributed by atoms with Gasteiger partial charge < -0.3 is 24.4 Å². The van der Waals surface area contributed by atoms with E-state index in [0.29, 0.717) is 5.92 Å². The molecule has 3 fully saturated rings. The highest BCUT2D eigenvalue weighted by Gasteiger charge is 2.51. The Labute approximate surface area is 191 Å². The van der Waals surface area contributed by atoms with Gasteiger partial charge in [-0.05, 0) is 43.4 Å². The summed E-state index contributed by atoms with van der Waals surface area (Å²) in [4.78, 5) is 26.6. The van der Waals surface area contributed by atoms with E-state index in [9.17, 15) is 18.0 Å². The molecule has 1 aromatic rings. The third kappa shape index (κ3) is 6.38. The molecule has 2 aliphatic heterocycles. The summed E-state index contributed by atoms with van der Waals surface area (Å²) in [5, 5.41) is 7.12. The Balaban J connectivity index is 0.000000383. The standard InChI is InChI=1S/C21H30N2O3.C2HF3O2/c1-25-13-18-12-22(11-16-6-7-16)14-21(18)8-9-23(15-21)20(24)17-4-3-5-19(10-17)26-2;3-2(4,5)1(6)7/h3-5,10,16,18H,6-9,11-15H2,1-2H3;(H,6,7)/t18-,21+;/m0./s1. The molecule has 0 radical (unpaired) electrons. The summed E-state index contributed by atoms with van der Waals surface area (Å²) in [5.74, 6) is -0.470. The van der Waals surface area contributed by atoms with E-state index < -0.39 is 12.1 Å². The Morgan fingerprint density at radius 2 is 1.91 bits per heavy atom. The van der Waals surface area contributed by atoms with E-state index in [-0.39, 0.29) is 11.3 Å². The van der Waals surface area contributed by atoms with Crippen molar-refractivity contribution in [1.82, 2.24) is 9.80 Å². The minimum atomic E-state index is -5.08. The quantitative estimate of drug-likeness (QED) is 0.685. The van der Waals surface area contributed by atoms with Crippen LogP contribution in [0, 0.1) is 17.3 Å². The zero-order valence-electron chi connectivity index (χ0n) is 18.9. The number of carboxylic acids is 1. The zero-order chi connectivity index (χ0) is 24.2. The topological polar surface area (TPSA) is 79.3 Å². The first-order chi connectivity index (χ1) is 15.6. The number of hydrogen-bond donors (Lipinski definition) is 1. The predicted molar refractivity (Wildman–Crippen MR) is 114 cm³/mol. The molecule has 0 aromatic heterocycles. The number of carbonyl (C=O) groups excluding carboxylic acids is 1. The van der Waals surface area contributed by atoms with Gasteiger partial charge in [0.05, 0.1) is 13.7 Å². The van der Waals surface area contributed by atoms with Gasteiger partial charge in [0, 0.05) is 56.7 Å². The number of ether oxygens (including phenoxy) is 2. The lowest BCUT2D eigenvalue weighted by atomic mass is 9.77. The summed E-state index contributed by atoms with van der Waals surface area (Å²) >= 11 is 0. The summed E-state index contributed by atoms with van der Waals surface area (Å²) in [5.41, 5.74) is 0.914. The second kappa shape index (κ2) is 10.3. The summed E-state index contributed by atoms with van der Waals surface area (Å²) < 4.78 is 42.6. The first-order valence-corrected chi connectivity index (χ1v) is 11.0. The molecule has 1 N–H and O–H groups in total. The maximum absolute atomic E-state index is 13.0. The van der Waals surface area contributed by atoms with Gasteiger partial charge in [-0.2, -0.15) is 13.2 Å². The molecule has 0 bridgehead atoms. The summed E-state index contributed by atoms with van der Waals surface area (Å²) in [6.07, 6.45) is -1.23. The van der Waals surface area contributed by atoms with Crippen molar-refractivity contribution >= 4 is 11.9 Å². The highest BCUT2D eigenvalue weighted by Crippen LogP contribution is 2.45. The van der Waals surface area contributed by atoms with Crippen LogP contribution in [0.3, 0.4) is 0 Å². The van der Waals surface area contributed by atoms with Crippen molar-refractivity contribution in [2.75, 3.05) is 53.6 Å². The van der Waals surface area contributed by atoms with Crippen molar-refractivity contribution in [3.05, 3.63) is 29.8 Å². The van der Waals surface area contributed by atoms with Gasteiger partial charge in [0.25, 0.3) is 5.91 Å². The maximum Gasteiger partial charge on any atom is 0.490 e. The molecule has 2 saturated heterocycles. The van der Waals surface area contributed by atoms with Crippen LogP contribution in [-0.4, -0.2) is 86.5 Å². The number of carboxylic acid groups (broad SMARTS) is 1. The number of hydrogen-bond acceptors (Lipinski definition) is 5. The number of carbonyl (C=O) groups is 2. The third-order valence-corrected chi connectivity index (χ3v) is 6.70. The van der Waals surface area contributed by atoms with Gasteiger partial charge >= 0.3 is 12.1 Å². The minimum absolute atomic E-state index is 0.123. The molecule has 3 aliphatic rings. The number of amides is 1. The van der Waals surface area contributed by atoms with Crippen molar-refractivity contribution in [1.29, 1.82) is 0 Å². The number of alkyl halides is 3. The Morgan fingerprint density at radius 3 is 2.48 bits per heavy atom. The van der Waals surface area contributed by atoms with E-state index in [2.05, 4.69) is 4.90 Å². The lowest BCUT2D eigenvalue weighted by Crippen LogP contribution is -2.38. The van der Waals surface area contributed by atoms with E-state index in [1.54, 1.807) is 14.2 Å². The number of likely N-dealkylation sites (tertiary alicyclic amines) is 2. The van der Waals surface area contributed by atoms with Crippen LogP contribution in [-0.2, 0) is 9.53 Å². The second-order valence-corrected chi connectivity index (χ2v) is 9.16. The fraction of sp³-hybridized carbons (Fsp3) is 0.652. The fourth-order valence-electron chi connectivity index (χ4n) is 4.85. The van der Waals surface area contributed by atoms with Gasteiger partial charge in [-0.25, -0.2) is 4.79 Å². The molecule has 2 heterocycles. The number of halogens is 3. The Kier molecular flexibility index (Phi) is 7.89. The van der Waals surface area contributed by atoms with Crippen LogP contribution < -0.4 is 4.74 Å². The lowest BCUT2D eigenvalue weighted by Gasteiger charge is -2.30. The van der Waals surface area contributed by atoms with Gasteiger partial charge in [0.1, 0.15) is 5.75 Å². The zero-order valence-corrected chi connectivity index (χ0v) is 18.9. The van der Waals surface area contributed by atoms with Crippen molar-refractivity contribution in [2.24, 2.45) is 17.3 Å². The molecule has 1 saturated carbocycles. The summed E-state index contributed by atoms with van der Waals surface area (Å²) in [6.45, 7) is 5.94. The van der Waals surface area contributed by atoms with Crippen LogP contribution in [0.25, 0.3) is 0 Å². The molecule has 1 aliphatic carbocycles. The van der Waals surface area contributed by atoms with Gasteiger partial charge in [0.15, 0.2) is 0 Å². The number of benzene rings is 1. The molecule has 7 nitrogen and oxygen atoms in total. The van der Waals surface area contributed by atoms with Gasteiger partial charge in [-0.1, -0.05) is 6.07 Å². The Bertz CT molecular complexity index is 846. The molecule has 1 aromatic carbocycles. The van der Waals surface area contributed by atoms with E-state index in [1.165, 1.54) is 19.4 Å². The third-order valence-electron chi connectivity index (χ3n) is 6.70. The largest absolute Gasteiger partial charge is 0.497 e. The molecule has 0 unspecified atom stereocenters. The average molecular weight is 473 g/mol. The molecule has 33 heavy (non-hydrogen) atoms. The van der Waals surface area contributed by atoms with E-state index >= 15 is 0 Å². The molecular formula is C23H31F3N2O5. The van der Waals surface area contributed by atoms with Crippen molar-refractivity contribution < 1.29 is 37.3 Å². The first-order valence-electron chi connectivity index (χ1n) is 11.0. The number of rotatable bonds is 6. The van der Waals surface area contributed by atoms with E-state index in [4.69, 9.17) is 19.4 Å². The Morgan fingerprint density at radius 1 is 1.21 bits per heavy atom. The van der Waals surface area contributed by atoms with Crippen molar-refractivity contribution in [3.8, 4) is 5.75 Å². The summed E-state index contributed by atoms with van der Waals surface area (Å²) in [6, 6.07) is 7.49. The molecule has 10 heteroatoms. The van der Waals surface area contributed by atoms with Gasteiger partial charge in [-0.15, -0.1) is 0 Å². The van der Waals surface area contributed by atoms with Crippen LogP contribution in [0.1, 0.15) is 29.6 Å². The number of methoxy groups -OCH3 is 2. The lowest BCUT2D eigenvalue weighted by molar-refractivity contribution is -0.192. The number of nitrogens with zero attached hydrogens (tertiary/aromatic N) is 2. The molecule has 1 amide bonds. The summed E-state index contributed by atoms with van der Waals surface area (Å²) in [7, 11) is 3.43. The van der Waals surface area contributed by atoms with Crippen molar-refractivity contribution in [2.45, 2.75) is 25.4 Å².